The lowest BCUT2D eigenvalue weighted by molar-refractivity contribution is -0.142. The van der Waals surface area contributed by atoms with Gasteiger partial charge < -0.3 is 4.74 Å². The number of esters is 1. The van der Waals surface area contributed by atoms with Gasteiger partial charge in [0, 0.05) is 11.6 Å². The van der Waals surface area contributed by atoms with Crippen LogP contribution in [0, 0.1) is 0 Å². The molecule has 0 radical (unpaired) electrons. The minimum absolute atomic E-state index is 0.166. The Morgan fingerprint density at radius 2 is 1.96 bits per heavy atom. The Morgan fingerprint density at radius 3 is 2.69 bits per heavy atom. The molecule has 6 nitrogen and oxygen atoms in total. The highest BCUT2D eigenvalue weighted by Gasteiger charge is 2.37. The summed E-state index contributed by atoms with van der Waals surface area (Å²) in [5, 5.41) is 0.774. The fraction of sp³-hybridized carbons (Fsp3) is 0.263. The number of nitrogens with zero attached hydrogens (tertiary/aromatic N) is 2. The third-order valence-electron chi connectivity index (χ3n) is 4.85. The van der Waals surface area contributed by atoms with Crippen LogP contribution in [0.1, 0.15) is 30.0 Å². The van der Waals surface area contributed by atoms with E-state index in [-0.39, 0.29) is 4.90 Å². The van der Waals surface area contributed by atoms with Gasteiger partial charge in [-0.2, -0.15) is 0 Å². The molecule has 134 valence electrons. The van der Waals surface area contributed by atoms with Gasteiger partial charge in [-0.05, 0) is 49.1 Å². The zero-order valence-electron chi connectivity index (χ0n) is 14.3. The average Bonchev–Trinajstić information content (AvgIpc) is 3.03. The molecule has 26 heavy (non-hydrogen) atoms. The molecule has 0 unspecified atom stereocenters. The van der Waals surface area contributed by atoms with Crippen molar-refractivity contribution < 1.29 is 17.9 Å². The number of pyridine rings is 1. The summed E-state index contributed by atoms with van der Waals surface area (Å²) in [6, 6.07) is 11.9. The number of carbonyl (C=O) groups excluding carboxylic acids is 1. The molecule has 1 aliphatic rings. The number of ether oxygens (including phenoxy) is 1. The first kappa shape index (κ1) is 16.8. The van der Waals surface area contributed by atoms with Crippen molar-refractivity contribution in [2.24, 2.45) is 0 Å². The first-order chi connectivity index (χ1) is 12.6. The van der Waals surface area contributed by atoms with E-state index < -0.39 is 21.9 Å². The first-order valence-corrected chi connectivity index (χ1v) is 9.86. The van der Waals surface area contributed by atoms with E-state index in [1.165, 1.54) is 11.1 Å². The van der Waals surface area contributed by atoms with Gasteiger partial charge in [0.05, 0.1) is 23.6 Å². The molecule has 0 spiro atoms. The van der Waals surface area contributed by atoms with Crippen LogP contribution in [-0.2, 0) is 26.0 Å². The summed E-state index contributed by atoms with van der Waals surface area (Å²) in [6.45, 7) is 0. The number of aromatic nitrogens is 2. The number of fused-ring (bicyclic) bond motifs is 3. The Bertz CT molecular complexity index is 1090. The van der Waals surface area contributed by atoms with Crippen molar-refractivity contribution in [2.45, 2.75) is 30.1 Å². The van der Waals surface area contributed by atoms with Crippen LogP contribution in [0.3, 0.4) is 0 Å². The molecule has 0 saturated carbocycles. The molecule has 2 heterocycles. The molecule has 0 amide bonds. The van der Waals surface area contributed by atoms with Crippen LogP contribution >= 0.6 is 0 Å². The Labute approximate surface area is 151 Å². The van der Waals surface area contributed by atoms with Crippen LogP contribution in [-0.4, -0.2) is 30.5 Å². The minimum Gasteiger partial charge on any atom is -0.469 e. The molecule has 1 atom stereocenters. The van der Waals surface area contributed by atoms with Gasteiger partial charge in [-0.25, -0.2) is 17.4 Å². The maximum absolute atomic E-state index is 13.4. The standard InChI is InChI=1S/C19H18N2O4S/c1-25-19(22)16-10-5-9-14-15-11-6-12-20-18(15)21(17(14)16)26(23,24)13-7-3-2-4-8-13/h2-4,6-8,11-12,16H,5,9-10H2,1H3/t16-/m0/s1. The summed E-state index contributed by atoms with van der Waals surface area (Å²) in [4.78, 5) is 16.9. The Kier molecular flexibility index (Phi) is 4.03. The first-order valence-electron chi connectivity index (χ1n) is 8.42. The molecule has 4 rings (SSSR count). The normalized spacial score (nSPS) is 17.0. The summed E-state index contributed by atoms with van der Waals surface area (Å²) in [5.41, 5.74) is 1.71. The van der Waals surface area contributed by atoms with E-state index in [0.717, 1.165) is 17.4 Å². The molecular weight excluding hydrogens is 352 g/mol. The summed E-state index contributed by atoms with van der Waals surface area (Å²) in [6.07, 6.45) is 3.63. The van der Waals surface area contributed by atoms with Gasteiger partial charge in [0.25, 0.3) is 10.0 Å². The third kappa shape index (κ3) is 2.42. The zero-order valence-corrected chi connectivity index (χ0v) is 15.1. The number of carbonyl (C=O) groups is 1. The fourth-order valence-electron chi connectivity index (χ4n) is 3.72. The van der Waals surface area contributed by atoms with Gasteiger partial charge in [0.15, 0.2) is 5.65 Å². The minimum atomic E-state index is -3.89. The van der Waals surface area contributed by atoms with Crippen LogP contribution in [0.2, 0.25) is 0 Å². The fourth-order valence-corrected chi connectivity index (χ4v) is 5.30. The summed E-state index contributed by atoms with van der Waals surface area (Å²) >= 11 is 0. The number of rotatable bonds is 3. The number of methoxy groups -OCH3 is 1. The van der Waals surface area contributed by atoms with Crippen LogP contribution in [0.4, 0.5) is 0 Å². The molecule has 3 aromatic rings. The third-order valence-corrected chi connectivity index (χ3v) is 6.57. The molecular formula is C19H18N2O4S. The van der Waals surface area contributed by atoms with Crippen LogP contribution in [0.15, 0.2) is 53.6 Å². The van der Waals surface area contributed by atoms with E-state index >= 15 is 0 Å². The zero-order chi connectivity index (χ0) is 18.3. The van der Waals surface area contributed by atoms with E-state index in [1.807, 2.05) is 6.07 Å². The van der Waals surface area contributed by atoms with E-state index in [9.17, 15) is 13.2 Å². The summed E-state index contributed by atoms with van der Waals surface area (Å²) in [7, 11) is -2.57. The van der Waals surface area contributed by atoms with E-state index in [0.29, 0.717) is 24.2 Å². The monoisotopic (exact) mass is 370 g/mol. The lowest BCUT2D eigenvalue weighted by Gasteiger charge is -2.23. The predicted molar refractivity (Wildman–Crippen MR) is 96.5 cm³/mol. The smallest absolute Gasteiger partial charge is 0.314 e. The number of benzene rings is 1. The highest BCUT2D eigenvalue weighted by atomic mass is 32.2. The largest absolute Gasteiger partial charge is 0.469 e. The van der Waals surface area contributed by atoms with E-state index in [1.54, 1.807) is 42.6 Å². The van der Waals surface area contributed by atoms with E-state index in [4.69, 9.17) is 4.74 Å². The van der Waals surface area contributed by atoms with E-state index in [2.05, 4.69) is 4.98 Å². The van der Waals surface area contributed by atoms with Crippen molar-refractivity contribution in [3.63, 3.8) is 0 Å². The van der Waals surface area contributed by atoms with Crippen molar-refractivity contribution >= 4 is 27.0 Å². The van der Waals surface area contributed by atoms with Gasteiger partial charge in [0.1, 0.15) is 0 Å². The summed E-state index contributed by atoms with van der Waals surface area (Å²) in [5.74, 6) is -1.03. The second-order valence-corrected chi connectivity index (χ2v) is 8.08. The molecule has 0 bridgehead atoms. The highest BCUT2D eigenvalue weighted by molar-refractivity contribution is 7.90. The van der Waals surface area contributed by atoms with Gasteiger partial charge in [-0.1, -0.05) is 18.2 Å². The lowest BCUT2D eigenvalue weighted by Crippen LogP contribution is -2.25. The highest BCUT2D eigenvalue weighted by Crippen LogP contribution is 2.40. The van der Waals surface area contributed by atoms with Gasteiger partial charge >= 0.3 is 5.97 Å². The average molecular weight is 370 g/mol. The molecule has 0 aliphatic heterocycles. The van der Waals surface area contributed by atoms with Crippen molar-refractivity contribution in [1.82, 2.24) is 8.96 Å². The molecule has 0 saturated heterocycles. The van der Waals surface area contributed by atoms with Crippen LogP contribution < -0.4 is 0 Å². The molecule has 0 N–H and O–H groups in total. The quantitative estimate of drug-likeness (QED) is 0.663. The molecule has 7 heteroatoms. The predicted octanol–water partition coefficient (Wildman–Crippen LogP) is 2.87. The molecule has 2 aromatic heterocycles. The molecule has 1 aliphatic carbocycles. The number of aryl methyl sites for hydroxylation is 1. The Morgan fingerprint density at radius 1 is 1.19 bits per heavy atom. The second kappa shape index (κ2) is 6.25. The maximum atomic E-state index is 13.4. The topological polar surface area (TPSA) is 78.3 Å². The van der Waals surface area contributed by atoms with Gasteiger partial charge in [-0.3, -0.25) is 4.79 Å². The SMILES string of the molecule is COC(=O)[C@H]1CCCc2c1n(S(=O)(=O)c1ccccc1)c1ncccc21. The molecule has 1 aromatic carbocycles. The number of hydrogen-bond donors (Lipinski definition) is 0. The molecule has 0 fully saturated rings. The van der Waals surface area contributed by atoms with Gasteiger partial charge in [0.2, 0.25) is 0 Å². The Balaban J connectivity index is 2.08. The van der Waals surface area contributed by atoms with Crippen molar-refractivity contribution in [3.8, 4) is 0 Å². The van der Waals surface area contributed by atoms with Gasteiger partial charge in [-0.15, -0.1) is 0 Å². The van der Waals surface area contributed by atoms with Crippen LogP contribution in [0.25, 0.3) is 11.0 Å². The van der Waals surface area contributed by atoms with Crippen molar-refractivity contribution in [1.29, 1.82) is 0 Å². The van der Waals surface area contributed by atoms with Crippen LogP contribution in [0.5, 0.6) is 0 Å². The second-order valence-electron chi connectivity index (χ2n) is 6.29. The Hall–Kier alpha value is -2.67. The maximum Gasteiger partial charge on any atom is 0.314 e. The van der Waals surface area contributed by atoms with Crippen molar-refractivity contribution in [3.05, 3.63) is 59.9 Å². The van der Waals surface area contributed by atoms with Crippen molar-refractivity contribution in [2.75, 3.05) is 7.11 Å². The lowest BCUT2D eigenvalue weighted by atomic mass is 9.87. The summed E-state index contributed by atoms with van der Waals surface area (Å²) < 4.78 is 33.0. The number of hydrogen-bond acceptors (Lipinski definition) is 5.